The van der Waals surface area contributed by atoms with Crippen molar-refractivity contribution in [2.75, 3.05) is 6.54 Å². The Hall–Kier alpha value is -3.57. The summed E-state index contributed by atoms with van der Waals surface area (Å²) in [5, 5.41) is 11.8. The fourth-order valence-electron chi connectivity index (χ4n) is 4.75. The molecule has 1 amide bonds. The maximum absolute atomic E-state index is 13.2. The third-order valence-electron chi connectivity index (χ3n) is 6.36. The number of hydrogen-bond donors (Lipinski definition) is 1. The first-order chi connectivity index (χ1) is 16.4. The number of benzene rings is 3. The van der Waals surface area contributed by atoms with Crippen LogP contribution in [-0.4, -0.2) is 34.3 Å². The van der Waals surface area contributed by atoms with Gasteiger partial charge in [0, 0.05) is 23.6 Å². The quantitative estimate of drug-likeness (QED) is 0.309. The van der Waals surface area contributed by atoms with Crippen LogP contribution < -0.4 is 4.74 Å². The van der Waals surface area contributed by atoms with E-state index in [0.717, 1.165) is 23.3 Å². The molecule has 0 radical (unpaired) electrons. The zero-order chi connectivity index (χ0) is 23.8. The third-order valence-corrected chi connectivity index (χ3v) is 6.59. The molecule has 1 fully saturated rings. The van der Waals surface area contributed by atoms with Crippen molar-refractivity contribution in [3.05, 3.63) is 106 Å². The number of fused-ring (bicyclic) bond motifs is 1. The molecule has 2 atom stereocenters. The van der Waals surface area contributed by atoms with Crippen molar-refractivity contribution >= 4 is 29.1 Å². The third kappa shape index (κ3) is 4.08. The molecule has 1 saturated heterocycles. The SMILES string of the molecule is CC1Cc2cc(/C(O)=C3\C(=O)C(=O)N(CCc4ccccc4)C3c3cccc(Cl)c3)ccc2O1. The number of aliphatic hydroxyl groups is 1. The predicted octanol–water partition coefficient (Wildman–Crippen LogP) is 5.33. The molecule has 0 aromatic heterocycles. The molecule has 3 aromatic carbocycles. The Morgan fingerprint density at radius 1 is 1.06 bits per heavy atom. The van der Waals surface area contributed by atoms with Crippen molar-refractivity contribution in [1.82, 2.24) is 4.90 Å². The Labute approximate surface area is 203 Å². The number of nitrogens with zero attached hydrogens (tertiary/aromatic N) is 1. The van der Waals surface area contributed by atoms with E-state index in [1.165, 1.54) is 4.90 Å². The van der Waals surface area contributed by atoms with E-state index in [2.05, 4.69) is 0 Å². The summed E-state index contributed by atoms with van der Waals surface area (Å²) < 4.78 is 5.76. The highest BCUT2D eigenvalue weighted by Crippen LogP contribution is 2.41. The lowest BCUT2D eigenvalue weighted by molar-refractivity contribution is -0.139. The van der Waals surface area contributed by atoms with Crippen LogP contribution in [0.3, 0.4) is 0 Å². The zero-order valence-electron chi connectivity index (χ0n) is 18.7. The number of carbonyl (C=O) groups excluding carboxylic acids is 2. The summed E-state index contributed by atoms with van der Waals surface area (Å²) in [5.41, 5.74) is 3.27. The number of ether oxygens (including phenoxy) is 1. The highest BCUT2D eigenvalue weighted by atomic mass is 35.5. The number of halogens is 1. The monoisotopic (exact) mass is 473 g/mol. The fraction of sp³-hybridized carbons (Fsp3) is 0.214. The van der Waals surface area contributed by atoms with Gasteiger partial charge in [0.25, 0.3) is 11.7 Å². The predicted molar refractivity (Wildman–Crippen MR) is 131 cm³/mol. The van der Waals surface area contributed by atoms with Gasteiger partial charge in [0.05, 0.1) is 11.6 Å². The first-order valence-electron chi connectivity index (χ1n) is 11.3. The van der Waals surface area contributed by atoms with Crippen LogP contribution in [0.25, 0.3) is 5.76 Å². The summed E-state index contributed by atoms with van der Waals surface area (Å²) in [4.78, 5) is 27.9. The van der Waals surface area contributed by atoms with E-state index in [4.69, 9.17) is 16.3 Å². The lowest BCUT2D eigenvalue weighted by Crippen LogP contribution is -2.31. The van der Waals surface area contributed by atoms with E-state index >= 15 is 0 Å². The Morgan fingerprint density at radius 3 is 2.62 bits per heavy atom. The summed E-state index contributed by atoms with van der Waals surface area (Å²) in [6.45, 7) is 2.31. The molecule has 2 aliphatic heterocycles. The smallest absolute Gasteiger partial charge is 0.295 e. The standard InChI is InChI=1S/C28H24ClNO4/c1-17-14-21-15-20(10-11-23(21)34-17)26(31)24-25(19-8-5-9-22(29)16-19)30(28(33)27(24)32)13-12-18-6-3-2-4-7-18/h2-11,15-17,25,31H,12-14H2,1H3/b26-24+. The maximum atomic E-state index is 13.2. The minimum atomic E-state index is -0.731. The van der Waals surface area contributed by atoms with Crippen LogP contribution in [0.4, 0.5) is 0 Å². The Bertz CT molecular complexity index is 1300. The second-order valence-corrected chi connectivity index (χ2v) is 9.17. The number of ketones is 1. The van der Waals surface area contributed by atoms with Gasteiger partial charge >= 0.3 is 0 Å². The molecule has 2 aliphatic rings. The van der Waals surface area contributed by atoms with Gasteiger partial charge < -0.3 is 14.7 Å². The fourth-order valence-corrected chi connectivity index (χ4v) is 4.95. The number of aliphatic hydroxyl groups excluding tert-OH is 1. The van der Waals surface area contributed by atoms with Gasteiger partial charge in [-0.05, 0) is 60.4 Å². The van der Waals surface area contributed by atoms with E-state index < -0.39 is 17.7 Å². The molecule has 0 saturated carbocycles. The largest absolute Gasteiger partial charge is 0.507 e. The van der Waals surface area contributed by atoms with Crippen LogP contribution in [0.1, 0.15) is 35.2 Å². The average molecular weight is 474 g/mol. The van der Waals surface area contributed by atoms with Crippen molar-refractivity contribution in [3.8, 4) is 5.75 Å². The van der Waals surface area contributed by atoms with E-state index in [1.54, 1.807) is 30.3 Å². The Kier molecular flexibility index (Phi) is 5.88. The molecule has 2 heterocycles. The normalized spacial score (nSPS) is 20.9. The molecular formula is C28H24ClNO4. The summed E-state index contributed by atoms with van der Waals surface area (Å²) in [6, 6.07) is 21.5. The first-order valence-corrected chi connectivity index (χ1v) is 11.7. The maximum Gasteiger partial charge on any atom is 0.295 e. The minimum Gasteiger partial charge on any atom is -0.507 e. The van der Waals surface area contributed by atoms with Crippen LogP contribution in [0.5, 0.6) is 5.75 Å². The second kappa shape index (κ2) is 8.99. The van der Waals surface area contributed by atoms with E-state index in [9.17, 15) is 14.7 Å². The molecular weight excluding hydrogens is 450 g/mol. The molecule has 6 heteroatoms. The summed E-state index contributed by atoms with van der Waals surface area (Å²) in [5.74, 6) is -0.729. The summed E-state index contributed by atoms with van der Waals surface area (Å²) in [7, 11) is 0. The van der Waals surface area contributed by atoms with Gasteiger partial charge in [0.2, 0.25) is 0 Å². The Balaban J connectivity index is 1.58. The summed E-state index contributed by atoms with van der Waals surface area (Å²) >= 11 is 6.26. The Morgan fingerprint density at radius 2 is 1.85 bits per heavy atom. The van der Waals surface area contributed by atoms with Crippen molar-refractivity contribution in [3.63, 3.8) is 0 Å². The molecule has 3 aromatic rings. The molecule has 1 N–H and O–H groups in total. The second-order valence-electron chi connectivity index (χ2n) is 8.74. The van der Waals surface area contributed by atoms with Gasteiger partial charge in [-0.15, -0.1) is 0 Å². The van der Waals surface area contributed by atoms with Gasteiger partial charge in [-0.1, -0.05) is 54.1 Å². The lowest BCUT2D eigenvalue weighted by Gasteiger charge is -2.25. The van der Waals surface area contributed by atoms with Crippen LogP contribution >= 0.6 is 11.6 Å². The summed E-state index contributed by atoms with van der Waals surface area (Å²) in [6.07, 6.45) is 1.36. The topological polar surface area (TPSA) is 66.8 Å². The van der Waals surface area contributed by atoms with Crippen LogP contribution in [0.15, 0.2) is 78.4 Å². The van der Waals surface area contributed by atoms with Crippen molar-refractivity contribution in [2.24, 2.45) is 0 Å². The molecule has 2 unspecified atom stereocenters. The first kappa shape index (κ1) is 22.2. The average Bonchev–Trinajstić information content (AvgIpc) is 3.33. The number of Topliss-reactive ketones (excluding diaryl/α,β-unsaturated/α-hetero) is 1. The molecule has 0 aliphatic carbocycles. The number of amides is 1. The number of hydrogen-bond acceptors (Lipinski definition) is 4. The zero-order valence-corrected chi connectivity index (χ0v) is 19.5. The van der Waals surface area contributed by atoms with Gasteiger partial charge in [-0.3, -0.25) is 9.59 Å². The van der Waals surface area contributed by atoms with Crippen molar-refractivity contribution < 1.29 is 19.4 Å². The van der Waals surface area contributed by atoms with Crippen molar-refractivity contribution in [1.29, 1.82) is 0 Å². The minimum absolute atomic E-state index is 0.0578. The van der Waals surface area contributed by atoms with Crippen LogP contribution in [-0.2, 0) is 22.4 Å². The number of rotatable bonds is 5. The van der Waals surface area contributed by atoms with Gasteiger partial charge in [0.1, 0.15) is 17.6 Å². The van der Waals surface area contributed by atoms with Gasteiger partial charge in [0.15, 0.2) is 0 Å². The van der Waals surface area contributed by atoms with Gasteiger partial charge in [-0.2, -0.15) is 0 Å². The highest BCUT2D eigenvalue weighted by molar-refractivity contribution is 6.46. The molecule has 34 heavy (non-hydrogen) atoms. The van der Waals surface area contributed by atoms with Crippen LogP contribution in [0, 0.1) is 0 Å². The molecule has 0 bridgehead atoms. The van der Waals surface area contributed by atoms with E-state index in [-0.39, 0.29) is 17.4 Å². The van der Waals surface area contributed by atoms with Crippen molar-refractivity contribution in [2.45, 2.75) is 31.9 Å². The lowest BCUT2D eigenvalue weighted by atomic mass is 9.94. The van der Waals surface area contributed by atoms with E-state index in [1.807, 2.05) is 49.4 Å². The molecule has 0 spiro atoms. The van der Waals surface area contributed by atoms with E-state index in [0.29, 0.717) is 29.1 Å². The van der Waals surface area contributed by atoms with Gasteiger partial charge in [-0.25, -0.2) is 0 Å². The van der Waals surface area contributed by atoms with Crippen LogP contribution in [0.2, 0.25) is 5.02 Å². The molecule has 172 valence electrons. The molecule has 5 rings (SSSR count). The number of carbonyl (C=O) groups is 2. The molecule has 5 nitrogen and oxygen atoms in total. The number of likely N-dealkylation sites (tertiary alicyclic amines) is 1. The highest BCUT2D eigenvalue weighted by Gasteiger charge is 2.46.